The van der Waals surface area contributed by atoms with Crippen LogP contribution in [0.3, 0.4) is 0 Å². The number of rotatable bonds is 19. The Bertz CT molecular complexity index is 5610. The van der Waals surface area contributed by atoms with Crippen LogP contribution in [-0.2, 0) is 13.7 Å². The fraction of sp³-hybridized carbons (Fsp3) is 0.376. The third-order valence-corrected chi connectivity index (χ3v) is 21.0. The molecule has 0 atom stereocenters. The number of aryl methyl sites for hydroxylation is 9. The Kier molecular flexibility index (Phi) is 45.5. The highest BCUT2D eigenvalue weighted by Gasteiger charge is 2.17. The number of ether oxygens (including phenoxy) is 3. The van der Waals surface area contributed by atoms with Crippen LogP contribution in [0.5, 0.6) is 17.4 Å². The van der Waals surface area contributed by atoms with Gasteiger partial charge in [0.25, 0.3) is 0 Å². The van der Waals surface area contributed by atoms with Gasteiger partial charge in [0.05, 0.1) is 123 Å². The molecule has 0 radical (unpaired) electrons. The summed E-state index contributed by atoms with van der Waals surface area (Å²) in [4.78, 5) is 50.9. The highest BCUT2D eigenvalue weighted by molar-refractivity contribution is 5.49. The molecule has 0 saturated carbocycles. The summed E-state index contributed by atoms with van der Waals surface area (Å²) in [7, 11) is 6.91. The standard InChI is InChI=1S/C14H18N2O.C14H18N2.C13H15FN2.3C13H17N3O.C12H15N3.C9H12.C4H6N2.C2H6O.C2H6/c1-10(2)12-4-5-14(13(6-12)8-17)16-7-11(3)15-9-16;1-10(2)13-5-6-14(11(3)7-13)16-8-12(4)15-9-16;1-9(2)11-4-5-13(12(14)6-11)16-7-10(3)15-8-16;1-9(2)11-5-13(17-4)12(6-14-11)16-7-10(3)15-8-16;1-9(2)11-5-12(17-4)13(14-6-11)16-7-10(3)15-8-16;1-9(2)11-5-6-12(13(15-11)17-4)16-7-10(3)14-8-16;1-9(2)11-4-5-12(13-6-11)15-7-10(3)14-8-15;1-8(2)9-6-4-3-5-7-9;1-6-3-2-5-4-6;1-2-3;1-2/h4-7,9-10,17H,8H2,1-3H3;5-10H,1-4H3;4-9H,1-3H3;3*5-9H,1-4H3;4-9H,1-3H3;3-8H,1-2H3;2-4H,1H3;3H,2H2,1H3;1-2H3. The topological polar surface area (TPSA) is 262 Å². The third-order valence-electron chi connectivity index (χ3n) is 21.0. The predicted molar refractivity (Wildman–Crippen MR) is 546 cm³/mol. The lowest BCUT2D eigenvalue weighted by Gasteiger charge is -2.12. The zero-order chi connectivity index (χ0) is 99.7. The number of aliphatic hydroxyl groups is 2. The van der Waals surface area contributed by atoms with Crippen LogP contribution in [0.25, 0.3) is 40.1 Å². The minimum atomic E-state index is -0.205. The molecule has 16 aromatic rings. The minimum Gasteiger partial charge on any atom is -0.494 e. The SMILES string of the molecule is CC.CC(C)c1ccccc1.CCO.COc1cc(C(C)C)cnc1-n1cnc(C)c1.COc1cc(C(C)C)ncc1-n1cnc(C)c1.COc1nc(C(C)C)ccc1-n1cnc(C)c1.Cc1cn(-c2ccc(C(C)C)cc2C)cn1.Cc1cn(-c2ccc(C(C)C)cc2CO)cn1.Cc1cn(-c2ccc(C(C)C)cc2F)cn1.Cc1cn(-c2ccc(C(C)C)cn2)cn1.Cn1ccnc1. The molecular weight excluding hydrogens is 1690 g/mol. The maximum absolute atomic E-state index is 13.9. The molecule has 12 aromatic heterocycles. The van der Waals surface area contributed by atoms with Crippen LogP contribution < -0.4 is 14.2 Å². The summed E-state index contributed by atoms with van der Waals surface area (Å²) < 4.78 is 45.3. The minimum absolute atomic E-state index is 0.0487. The van der Waals surface area contributed by atoms with Crippen LogP contribution in [0.15, 0.2) is 246 Å². The number of nitrogens with zero attached hydrogens (tertiary/aromatic N) is 20. The predicted octanol–water partition coefficient (Wildman–Crippen LogP) is 24.9. The van der Waals surface area contributed by atoms with Crippen molar-refractivity contribution in [1.29, 1.82) is 0 Å². The van der Waals surface area contributed by atoms with E-state index >= 15 is 0 Å². The number of methoxy groups -OCH3 is 3. The Morgan fingerprint density at radius 3 is 1.12 bits per heavy atom. The summed E-state index contributed by atoms with van der Waals surface area (Å²) in [5.41, 5.74) is 23.2. The van der Waals surface area contributed by atoms with Gasteiger partial charge in [-0.1, -0.05) is 191 Å². The van der Waals surface area contributed by atoms with E-state index in [1.54, 1.807) is 95.4 Å². The maximum Gasteiger partial charge on any atom is 0.238 e. The molecule has 135 heavy (non-hydrogen) atoms. The van der Waals surface area contributed by atoms with Crippen molar-refractivity contribution in [3.8, 4) is 57.5 Å². The number of pyridine rings is 4. The van der Waals surface area contributed by atoms with E-state index in [2.05, 4.69) is 249 Å². The number of hydrogen-bond acceptors (Lipinski definition) is 17. The smallest absolute Gasteiger partial charge is 0.238 e. The van der Waals surface area contributed by atoms with E-state index in [0.29, 0.717) is 58.9 Å². The Hall–Kier alpha value is -13.6. The number of aliphatic hydroxyl groups excluding tert-OH is 2. The van der Waals surface area contributed by atoms with Crippen LogP contribution in [0.1, 0.15) is 275 Å². The van der Waals surface area contributed by atoms with Crippen LogP contribution in [-0.4, -0.2) is 134 Å². The molecule has 0 bridgehead atoms. The highest BCUT2D eigenvalue weighted by Crippen LogP contribution is 2.31. The van der Waals surface area contributed by atoms with Gasteiger partial charge in [0, 0.05) is 111 Å². The normalized spacial score (nSPS) is 10.6. The first-order valence-electron chi connectivity index (χ1n) is 46.3. The van der Waals surface area contributed by atoms with Gasteiger partial charge in [-0.2, -0.15) is 0 Å². The second-order valence-electron chi connectivity index (χ2n) is 34.7. The first kappa shape index (κ1) is 110. The fourth-order valence-corrected chi connectivity index (χ4v) is 13.0. The lowest BCUT2D eigenvalue weighted by molar-refractivity contribution is 0.281. The molecule has 0 saturated heterocycles. The molecule has 0 unspecified atom stereocenters. The number of halogens is 1. The zero-order valence-corrected chi connectivity index (χ0v) is 85.6. The highest BCUT2D eigenvalue weighted by atomic mass is 19.1. The van der Waals surface area contributed by atoms with Gasteiger partial charge in [0.1, 0.15) is 41.4 Å². The van der Waals surface area contributed by atoms with Crippen molar-refractivity contribution in [3.63, 3.8) is 0 Å². The molecule has 0 amide bonds. The largest absolute Gasteiger partial charge is 0.494 e. The molecular formula is C109H147FN20O5. The average molecular weight is 1840 g/mol. The molecule has 0 aliphatic carbocycles. The van der Waals surface area contributed by atoms with E-state index in [1.807, 2.05) is 214 Å². The van der Waals surface area contributed by atoms with Crippen molar-refractivity contribution in [3.05, 3.63) is 348 Å². The molecule has 0 spiro atoms. The van der Waals surface area contributed by atoms with Gasteiger partial charge in [-0.15, -0.1) is 0 Å². The second kappa shape index (κ2) is 55.8. The quantitative estimate of drug-likeness (QED) is 0.0762. The monoisotopic (exact) mass is 1840 g/mol. The molecule has 0 fully saturated rings. The molecule has 2 N–H and O–H groups in total. The van der Waals surface area contributed by atoms with Crippen molar-refractivity contribution in [2.75, 3.05) is 27.9 Å². The average Bonchev–Trinajstić information content (AvgIpc) is 1.80. The van der Waals surface area contributed by atoms with Crippen molar-refractivity contribution in [1.82, 2.24) is 96.3 Å². The number of benzene rings is 4. The molecule has 26 heteroatoms. The zero-order valence-electron chi connectivity index (χ0n) is 85.6. The Morgan fingerprint density at radius 2 is 0.741 bits per heavy atom. The van der Waals surface area contributed by atoms with Gasteiger partial charge in [0.2, 0.25) is 5.88 Å². The van der Waals surface area contributed by atoms with E-state index in [4.69, 9.17) is 19.3 Å². The van der Waals surface area contributed by atoms with Crippen LogP contribution >= 0.6 is 0 Å². The molecule has 16 rings (SSSR count). The van der Waals surface area contributed by atoms with Crippen LogP contribution in [0, 0.1) is 61.2 Å². The van der Waals surface area contributed by atoms with Gasteiger partial charge in [0.15, 0.2) is 11.6 Å². The summed E-state index contributed by atoms with van der Waals surface area (Å²) in [6, 6.07) is 40.9. The molecule has 12 heterocycles. The van der Waals surface area contributed by atoms with Gasteiger partial charge in [-0.25, -0.2) is 59.2 Å². The van der Waals surface area contributed by atoms with Crippen molar-refractivity contribution < 1.29 is 28.8 Å². The van der Waals surface area contributed by atoms with Crippen LogP contribution in [0.4, 0.5) is 4.39 Å². The van der Waals surface area contributed by atoms with Gasteiger partial charge < -0.3 is 51.8 Å². The first-order chi connectivity index (χ1) is 64.4. The number of imidazole rings is 8. The van der Waals surface area contributed by atoms with Crippen molar-refractivity contribution in [2.24, 2.45) is 7.05 Å². The Labute approximate surface area is 801 Å². The van der Waals surface area contributed by atoms with E-state index in [0.717, 1.165) is 103 Å². The van der Waals surface area contributed by atoms with E-state index in [1.165, 1.54) is 39.1 Å². The molecule has 4 aromatic carbocycles. The van der Waals surface area contributed by atoms with Crippen molar-refractivity contribution >= 4 is 0 Å². The summed E-state index contributed by atoms with van der Waals surface area (Å²) in [5, 5.41) is 17.0. The summed E-state index contributed by atoms with van der Waals surface area (Å²) >= 11 is 0. The molecule has 25 nitrogen and oxygen atoms in total. The first-order valence-corrected chi connectivity index (χ1v) is 46.3. The molecule has 0 aliphatic heterocycles. The van der Waals surface area contributed by atoms with E-state index in [9.17, 15) is 9.50 Å². The molecule has 720 valence electrons. The number of aromatic nitrogens is 20. The van der Waals surface area contributed by atoms with Gasteiger partial charge in [-0.05, 0) is 197 Å². The van der Waals surface area contributed by atoms with E-state index in [-0.39, 0.29) is 19.0 Å². The number of hydrogen-bond donors (Lipinski definition) is 2. The summed E-state index contributed by atoms with van der Waals surface area (Å²) in [5.74, 6) is 7.51. The maximum atomic E-state index is 13.9. The lowest BCUT2D eigenvalue weighted by atomic mass is 10.00. The van der Waals surface area contributed by atoms with E-state index < -0.39 is 0 Å². The Morgan fingerprint density at radius 1 is 0.341 bits per heavy atom. The summed E-state index contributed by atoms with van der Waals surface area (Å²) in [6.07, 6.45) is 37.0. The molecule has 0 aliphatic rings. The van der Waals surface area contributed by atoms with Crippen molar-refractivity contribution in [2.45, 2.75) is 241 Å². The van der Waals surface area contributed by atoms with Crippen LogP contribution in [0.2, 0.25) is 0 Å². The van der Waals surface area contributed by atoms with Gasteiger partial charge >= 0.3 is 0 Å². The Balaban J connectivity index is 0.000000234. The fourth-order valence-electron chi connectivity index (χ4n) is 13.0. The summed E-state index contributed by atoms with van der Waals surface area (Å²) in [6.45, 7) is 56.1. The lowest BCUT2D eigenvalue weighted by Crippen LogP contribution is -2.01. The third kappa shape index (κ3) is 34.8. The van der Waals surface area contributed by atoms with Gasteiger partial charge in [-0.3, -0.25) is 14.1 Å². The second-order valence-corrected chi connectivity index (χ2v) is 34.7.